The van der Waals surface area contributed by atoms with Crippen molar-refractivity contribution in [2.24, 2.45) is 9.98 Å². The zero-order chi connectivity index (χ0) is 17.3. The van der Waals surface area contributed by atoms with E-state index in [1.807, 2.05) is 27.7 Å². The van der Waals surface area contributed by atoms with Gasteiger partial charge in [0.25, 0.3) is 0 Å². The Hall–Kier alpha value is -2.12. The number of nitrogens with zero attached hydrogens (tertiary/aromatic N) is 2. The summed E-state index contributed by atoms with van der Waals surface area (Å²) in [6, 6.07) is -0.317. The SMILES string of the molecule is CC1=NC(NC(=O)NCCCCNC(=O)OC(C)(C)C)=NCC1. The highest BCUT2D eigenvalue weighted by Crippen LogP contribution is 2.06. The molecular weight excluding hydrogens is 298 g/mol. The molecule has 0 saturated carbocycles. The highest BCUT2D eigenvalue weighted by molar-refractivity contribution is 6.04. The molecule has 0 spiro atoms. The first kappa shape index (κ1) is 18.9. The van der Waals surface area contributed by atoms with Crippen LogP contribution in [0.4, 0.5) is 9.59 Å². The summed E-state index contributed by atoms with van der Waals surface area (Å²) in [5.74, 6) is 0.359. The molecule has 3 N–H and O–H groups in total. The van der Waals surface area contributed by atoms with Gasteiger partial charge in [0.1, 0.15) is 5.60 Å². The van der Waals surface area contributed by atoms with Gasteiger partial charge >= 0.3 is 12.1 Å². The number of hydrogen-bond donors (Lipinski definition) is 3. The number of aliphatic imine (C=N–C) groups is 2. The number of carbonyl (C=O) groups excluding carboxylic acids is 2. The predicted octanol–water partition coefficient (Wildman–Crippen LogP) is 1.81. The van der Waals surface area contributed by atoms with E-state index in [1.165, 1.54) is 0 Å². The summed E-state index contributed by atoms with van der Waals surface area (Å²) in [6.07, 6.45) is 1.90. The van der Waals surface area contributed by atoms with Crippen molar-refractivity contribution in [3.05, 3.63) is 0 Å². The van der Waals surface area contributed by atoms with Crippen molar-refractivity contribution in [3.63, 3.8) is 0 Å². The number of rotatable bonds is 5. The van der Waals surface area contributed by atoms with E-state index in [0.29, 0.717) is 25.6 Å². The molecule has 0 atom stereocenters. The summed E-state index contributed by atoms with van der Waals surface area (Å²) >= 11 is 0. The third-order valence-corrected chi connectivity index (χ3v) is 2.81. The van der Waals surface area contributed by atoms with Gasteiger partial charge in [-0.15, -0.1) is 0 Å². The average molecular weight is 325 g/mol. The van der Waals surface area contributed by atoms with Crippen LogP contribution < -0.4 is 16.0 Å². The monoisotopic (exact) mass is 325 g/mol. The number of ether oxygens (including phenoxy) is 1. The lowest BCUT2D eigenvalue weighted by molar-refractivity contribution is 0.0527. The topological polar surface area (TPSA) is 104 Å². The fraction of sp³-hybridized carbons (Fsp3) is 0.733. The van der Waals surface area contributed by atoms with Crippen molar-refractivity contribution in [2.75, 3.05) is 19.6 Å². The summed E-state index contributed by atoms with van der Waals surface area (Å²) < 4.78 is 5.12. The number of guanidine groups is 1. The minimum Gasteiger partial charge on any atom is -0.444 e. The van der Waals surface area contributed by atoms with E-state index in [1.54, 1.807) is 0 Å². The maximum atomic E-state index is 11.7. The van der Waals surface area contributed by atoms with Gasteiger partial charge < -0.3 is 15.4 Å². The second-order valence-corrected chi connectivity index (χ2v) is 6.32. The van der Waals surface area contributed by atoms with Crippen LogP contribution in [0.3, 0.4) is 0 Å². The summed E-state index contributed by atoms with van der Waals surface area (Å²) in [7, 11) is 0. The number of urea groups is 1. The third kappa shape index (κ3) is 9.49. The Morgan fingerprint density at radius 3 is 2.43 bits per heavy atom. The number of amides is 3. The van der Waals surface area contributed by atoms with Crippen LogP contribution in [0, 0.1) is 0 Å². The van der Waals surface area contributed by atoms with Crippen molar-refractivity contribution in [2.45, 2.75) is 52.6 Å². The fourth-order valence-electron chi connectivity index (χ4n) is 1.77. The molecule has 1 aliphatic rings. The average Bonchev–Trinajstić information content (AvgIpc) is 2.40. The van der Waals surface area contributed by atoms with Gasteiger partial charge in [0.15, 0.2) is 0 Å². The summed E-state index contributed by atoms with van der Waals surface area (Å²) in [4.78, 5) is 31.3. The van der Waals surface area contributed by atoms with Gasteiger partial charge in [-0.2, -0.15) is 0 Å². The maximum Gasteiger partial charge on any atom is 0.407 e. The fourth-order valence-corrected chi connectivity index (χ4v) is 1.77. The molecule has 1 rings (SSSR count). The van der Waals surface area contributed by atoms with E-state index in [-0.39, 0.29) is 6.03 Å². The minimum absolute atomic E-state index is 0.317. The van der Waals surface area contributed by atoms with E-state index in [9.17, 15) is 9.59 Å². The van der Waals surface area contributed by atoms with Gasteiger partial charge in [0, 0.05) is 31.8 Å². The van der Waals surface area contributed by atoms with Crippen LogP contribution in [-0.2, 0) is 4.74 Å². The maximum absolute atomic E-state index is 11.7. The molecule has 8 nitrogen and oxygen atoms in total. The first-order chi connectivity index (χ1) is 10.8. The molecule has 0 unspecified atom stereocenters. The van der Waals surface area contributed by atoms with E-state index in [2.05, 4.69) is 25.9 Å². The Balaban J connectivity index is 2.06. The van der Waals surface area contributed by atoms with Crippen LogP contribution in [0.1, 0.15) is 47.0 Å². The highest BCUT2D eigenvalue weighted by Gasteiger charge is 2.15. The Morgan fingerprint density at radius 2 is 1.83 bits per heavy atom. The van der Waals surface area contributed by atoms with Crippen molar-refractivity contribution in [3.8, 4) is 0 Å². The molecule has 0 aromatic carbocycles. The van der Waals surface area contributed by atoms with Gasteiger partial charge in [0.05, 0.1) is 0 Å². The quantitative estimate of drug-likeness (QED) is 0.671. The molecule has 0 aromatic rings. The first-order valence-corrected chi connectivity index (χ1v) is 7.86. The number of alkyl carbamates (subject to hydrolysis) is 1. The molecule has 8 heteroatoms. The van der Waals surface area contributed by atoms with Crippen molar-refractivity contribution >= 4 is 23.8 Å². The molecular formula is C15H27N5O3. The van der Waals surface area contributed by atoms with Crippen LogP contribution in [0.5, 0.6) is 0 Å². The molecule has 0 saturated heterocycles. The first-order valence-electron chi connectivity index (χ1n) is 7.86. The second-order valence-electron chi connectivity index (χ2n) is 6.32. The Kier molecular flexibility index (Phi) is 7.50. The molecule has 0 aromatic heterocycles. The standard InChI is InChI=1S/C15H27N5O3/c1-11-7-10-16-12(19-11)20-13(21)17-8-5-6-9-18-14(22)23-15(2,3)4/h5-10H2,1-4H3,(H,18,22)(H2,16,17,20,21). The van der Waals surface area contributed by atoms with Crippen LogP contribution in [0.15, 0.2) is 9.98 Å². The molecule has 1 aliphatic heterocycles. The van der Waals surface area contributed by atoms with Gasteiger partial charge in [0.2, 0.25) is 5.96 Å². The summed E-state index contributed by atoms with van der Waals surface area (Å²) in [5, 5.41) is 8.01. The van der Waals surface area contributed by atoms with Gasteiger partial charge in [-0.05, 0) is 40.5 Å². The highest BCUT2D eigenvalue weighted by atomic mass is 16.6. The van der Waals surface area contributed by atoms with Gasteiger partial charge in [-0.3, -0.25) is 10.3 Å². The Morgan fingerprint density at radius 1 is 1.17 bits per heavy atom. The summed E-state index contributed by atoms with van der Waals surface area (Å²) in [5.41, 5.74) is 0.468. The zero-order valence-electron chi connectivity index (χ0n) is 14.4. The summed E-state index contributed by atoms with van der Waals surface area (Å²) in [6.45, 7) is 9.03. The van der Waals surface area contributed by atoms with E-state index >= 15 is 0 Å². The van der Waals surface area contributed by atoms with Crippen LogP contribution in [0.25, 0.3) is 0 Å². The molecule has 130 valence electrons. The van der Waals surface area contributed by atoms with Crippen molar-refractivity contribution in [1.29, 1.82) is 0 Å². The lowest BCUT2D eigenvalue weighted by Gasteiger charge is -2.19. The van der Waals surface area contributed by atoms with E-state index in [0.717, 1.165) is 25.0 Å². The van der Waals surface area contributed by atoms with Crippen LogP contribution in [0.2, 0.25) is 0 Å². The molecule has 1 heterocycles. The van der Waals surface area contributed by atoms with Crippen molar-refractivity contribution < 1.29 is 14.3 Å². The number of carbonyl (C=O) groups is 2. The van der Waals surface area contributed by atoms with Crippen LogP contribution in [-0.4, -0.2) is 49.0 Å². The Labute approximate surface area is 137 Å². The van der Waals surface area contributed by atoms with Gasteiger partial charge in [-0.1, -0.05) is 0 Å². The van der Waals surface area contributed by atoms with Gasteiger partial charge in [-0.25, -0.2) is 14.6 Å². The number of hydrogen-bond acceptors (Lipinski definition) is 5. The smallest absolute Gasteiger partial charge is 0.407 e. The minimum atomic E-state index is -0.494. The largest absolute Gasteiger partial charge is 0.444 e. The zero-order valence-corrected chi connectivity index (χ0v) is 14.4. The second kappa shape index (κ2) is 9.12. The molecule has 23 heavy (non-hydrogen) atoms. The predicted molar refractivity (Wildman–Crippen MR) is 90.0 cm³/mol. The lowest BCUT2D eigenvalue weighted by atomic mass is 10.2. The van der Waals surface area contributed by atoms with E-state index in [4.69, 9.17) is 4.74 Å². The van der Waals surface area contributed by atoms with Crippen LogP contribution >= 0.6 is 0 Å². The Bertz CT molecular complexity index is 480. The molecule has 0 bridgehead atoms. The van der Waals surface area contributed by atoms with Crippen molar-refractivity contribution in [1.82, 2.24) is 16.0 Å². The normalized spacial score (nSPS) is 14.4. The van der Waals surface area contributed by atoms with E-state index < -0.39 is 11.7 Å². The molecule has 0 fully saturated rings. The number of unbranched alkanes of at least 4 members (excludes halogenated alkanes) is 1. The molecule has 0 aliphatic carbocycles. The molecule has 0 radical (unpaired) electrons. The molecule has 3 amide bonds. The lowest BCUT2D eigenvalue weighted by Crippen LogP contribution is -2.40. The number of nitrogens with one attached hydrogen (secondary N) is 3. The third-order valence-electron chi connectivity index (χ3n) is 2.81.